The molecule has 100 valence electrons. The molecule has 1 fully saturated rings. The van der Waals surface area contributed by atoms with Gasteiger partial charge in [0.2, 0.25) is 0 Å². The van der Waals surface area contributed by atoms with Crippen molar-refractivity contribution < 1.29 is 0 Å². The van der Waals surface area contributed by atoms with E-state index in [1.54, 1.807) is 6.20 Å². The van der Waals surface area contributed by atoms with Crippen LogP contribution in [0.25, 0.3) is 0 Å². The SMILES string of the molecule is CC(C)(CNc1cccnc1)CN1CCNCC1. The highest BCUT2D eigenvalue weighted by molar-refractivity contribution is 5.39. The highest BCUT2D eigenvalue weighted by atomic mass is 15.2. The van der Waals surface area contributed by atoms with Gasteiger partial charge in [0.25, 0.3) is 0 Å². The first-order valence-electron chi connectivity index (χ1n) is 6.73. The third-order valence-corrected chi connectivity index (χ3v) is 3.29. The van der Waals surface area contributed by atoms with Gasteiger partial charge in [-0.25, -0.2) is 0 Å². The molecule has 0 unspecified atom stereocenters. The fourth-order valence-electron chi connectivity index (χ4n) is 2.34. The first-order chi connectivity index (χ1) is 8.66. The topological polar surface area (TPSA) is 40.2 Å². The van der Waals surface area contributed by atoms with Gasteiger partial charge in [-0.1, -0.05) is 13.8 Å². The zero-order chi connectivity index (χ0) is 12.8. The summed E-state index contributed by atoms with van der Waals surface area (Å²) < 4.78 is 0. The molecule has 4 heteroatoms. The van der Waals surface area contributed by atoms with Crippen molar-refractivity contribution in [2.24, 2.45) is 5.41 Å². The molecule has 1 aromatic rings. The normalized spacial score (nSPS) is 17.7. The van der Waals surface area contributed by atoms with E-state index in [9.17, 15) is 0 Å². The summed E-state index contributed by atoms with van der Waals surface area (Å²) in [5.41, 5.74) is 1.37. The van der Waals surface area contributed by atoms with Crippen LogP contribution in [0.15, 0.2) is 24.5 Å². The van der Waals surface area contributed by atoms with Crippen molar-refractivity contribution >= 4 is 5.69 Å². The van der Waals surface area contributed by atoms with E-state index in [2.05, 4.69) is 40.4 Å². The average molecular weight is 248 g/mol. The summed E-state index contributed by atoms with van der Waals surface area (Å²) in [6.45, 7) is 11.3. The van der Waals surface area contributed by atoms with Gasteiger partial charge in [-0.3, -0.25) is 4.98 Å². The molecule has 1 aliphatic heterocycles. The van der Waals surface area contributed by atoms with Crippen LogP contribution in [-0.4, -0.2) is 49.2 Å². The molecule has 0 aliphatic carbocycles. The van der Waals surface area contributed by atoms with Crippen molar-refractivity contribution in [1.29, 1.82) is 0 Å². The lowest BCUT2D eigenvalue weighted by Crippen LogP contribution is -2.48. The molecule has 0 saturated carbocycles. The maximum atomic E-state index is 4.12. The number of hydrogen-bond acceptors (Lipinski definition) is 4. The lowest BCUT2D eigenvalue weighted by atomic mass is 9.92. The van der Waals surface area contributed by atoms with Gasteiger partial charge in [-0.05, 0) is 17.5 Å². The third-order valence-electron chi connectivity index (χ3n) is 3.29. The van der Waals surface area contributed by atoms with Gasteiger partial charge in [-0.15, -0.1) is 0 Å². The maximum absolute atomic E-state index is 4.12. The lowest BCUT2D eigenvalue weighted by molar-refractivity contribution is 0.168. The van der Waals surface area contributed by atoms with Crippen LogP contribution in [0, 0.1) is 5.41 Å². The fraction of sp³-hybridized carbons (Fsp3) is 0.643. The molecular formula is C14H24N4. The number of rotatable bonds is 5. The molecule has 1 saturated heterocycles. The van der Waals surface area contributed by atoms with Crippen LogP contribution in [0.3, 0.4) is 0 Å². The Morgan fingerprint density at radius 1 is 1.39 bits per heavy atom. The van der Waals surface area contributed by atoms with Crippen molar-refractivity contribution in [3.05, 3.63) is 24.5 Å². The summed E-state index contributed by atoms with van der Waals surface area (Å²) in [6.07, 6.45) is 3.68. The van der Waals surface area contributed by atoms with E-state index in [1.165, 1.54) is 0 Å². The summed E-state index contributed by atoms with van der Waals surface area (Å²) in [7, 11) is 0. The summed E-state index contributed by atoms with van der Waals surface area (Å²) in [4.78, 5) is 6.66. The predicted octanol–water partition coefficient (Wildman–Crippen LogP) is 1.42. The fourth-order valence-corrected chi connectivity index (χ4v) is 2.34. The predicted molar refractivity (Wildman–Crippen MR) is 75.8 cm³/mol. The Labute approximate surface area is 110 Å². The minimum atomic E-state index is 0.271. The van der Waals surface area contributed by atoms with Gasteiger partial charge in [0, 0.05) is 51.7 Å². The van der Waals surface area contributed by atoms with Crippen molar-refractivity contribution in [1.82, 2.24) is 15.2 Å². The zero-order valence-corrected chi connectivity index (χ0v) is 11.4. The number of nitrogens with zero attached hydrogens (tertiary/aromatic N) is 2. The summed E-state index contributed by atoms with van der Waals surface area (Å²) in [5, 5.41) is 6.86. The summed E-state index contributed by atoms with van der Waals surface area (Å²) in [6, 6.07) is 4.03. The minimum Gasteiger partial charge on any atom is -0.383 e. The van der Waals surface area contributed by atoms with E-state index in [4.69, 9.17) is 0 Å². The van der Waals surface area contributed by atoms with Gasteiger partial charge in [-0.2, -0.15) is 0 Å². The minimum absolute atomic E-state index is 0.271. The maximum Gasteiger partial charge on any atom is 0.0526 e. The van der Waals surface area contributed by atoms with Crippen LogP contribution < -0.4 is 10.6 Å². The first kappa shape index (κ1) is 13.3. The smallest absolute Gasteiger partial charge is 0.0526 e. The third kappa shape index (κ3) is 4.27. The van der Waals surface area contributed by atoms with Gasteiger partial charge in [0.1, 0.15) is 0 Å². The van der Waals surface area contributed by atoms with Gasteiger partial charge < -0.3 is 15.5 Å². The van der Waals surface area contributed by atoms with E-state index >= 15 is 0 Å². The standard InChI is InChI=1S/C14H24N4/c1-14(2,12-18-8-6-15-7-9-18)11-17-13-4-3-5-16-10-13/h3-5,10,15,17H,6-9,11-12H2,1-2H3. The van der Waals surface area contributed by atoms with Crippen LogP contribution in [0.4, 0.5) is 5.69 Å². The van der Waals surface area contributed by atoms with E-state index in [0.717, 1.165) is 45.0 Å². The lowest BCUT2D eigenvalue weighted by Gasteiger charge is -2.35. The number of hydrogen-bond donors (Lipinski definition) is 2. The second kappa shape index (κ2) is 6.16. The molecule has 0 aromatic carbocycles. The van der Waals surface area contributed by atoms with Gasteiger partial charge in [0.05, 0.1) is 5.69 Å². The number of aromatic nitrogens is 1. The molecule has 0 atom stereocenters. The Balaban J connectivity index is 1.79. The molecule has 0 bridgehead atoms. The van der Waals surface area contributed by atoms with Crippen LogP contribution in [-0.2, 0) is 0 Å². The van der Waals surface area contributed by atoms with Gasteiger partial charge >= 0.3 is 0 Å². The quantitative estimate of drug-likeness (QED) is 0.827. The van der Waals surface area contributed by atoms with Crippen molar-refractivity contribution in [3.63, 3.8) is 0 Å². The summed E-state index contributed by atoms with van der Waals surface area (Å²) in [5.74, 6) is 0. The van der Waals surface area contributed by atoms with E-state index in [1.807, 2.05) is 12.3 Å². The van der Waals surface area contributed by atoms with Gasteiger partial charge in [0.15, 0.2) is 0 Å². The zero-order valence-electron chi connectivity index (χ0n) is 11.4. The second-order valence-corrected chi connectivity index (χ2v) is 5.79. The summed E-state index contributed by atoms with van der Waals surface area (Å²) >= 11 is 0. The molecule has 0 amide bonds. The van der Waals surface area contributed by atoms with Crippen LogP contribution in [0.5, 0.6) is 0 Å². The molecule has 2 heterocycles. The molecular weight excluding hydrogens is 224 g/mol. The molecule has 0 spiro atoms. The number of piperazine rings is 1. The number of anilines is 1. The first-order valence-corrected chi connectivity index (χ1v) is 6.73. The van der Waals surface area contributed by atoms with Crippen molar-refractivity contribution in [2.45, 2.75) is 13.8 Å². The molecule has 1 aliphatic rings. The molecule has 18 heavy (non-hydrogen) atoms. The number of nitrogens with one attached hydrogen (secondary N) is 2. The largest absolute Gasteiger partial charge is 0.383 e. The van der Waals surface area contributed by atoms with Crippen molar-refractivity contribution in [2.75, 3.05) is 44.6 Å². The highest BCUT2D eigenvalue weighted by Crippen LogP contribution is 2.18. The molecule has 4 nitrogen and oxygen atoms in total. The monoisotopic (exact) mass is 248 g/mol. The second-order valence-electron chi connectivity index (χ2n) is 5.79. The van der Waals surface area contributed by atoms with E-state index in [-0.39, 0.29) is 5.41 Å². The van der Waals surface area contributed by atoms with E-state index < -0.39 is 0 Å². The Hall–Kier alpha value is -1.13. The van der Waals surface area contributed by atoms with E-state index in [0.29, 0.717) is 0 Å². The van der Waals surface area contributed by atoms with Crippen LogP contribution in [0.2, 0.25) is 0 Å². The van der Waals surface area contributed by atoms with Crippen LogP contribution in [0.1, 0.15) is 13.8 Å². The Morgan fingerprint density at radius 2 is 2.17 bits per heavy atom. The molecule has 2 N–H and O–H groups in total. The molecule has 1 aromatic heterocycles. The Morgan fingerprint density at radius 3 is 2.83 bits per heavy atom. The average Bonchev–Trinajstić information content (AvgIpc) is 2.38. The Kier molecular flexibility index (Phi) is 4.55. The number of pyridine rings is 1. The highest BCUT2D eigenvalue weighted by Gasteiger charge is 2.22. The molecule has 2 rings (SSSR count). The Bertz CT molecular complexity index is 344. The van der Waals surface area contributed by atoms with Crippen LogP contribution >= 0.6 is 0 Å². The molecule has 0 radical (unpaired) electrons. The van der Waals surface area contributed by atoms with Crippen molar-refractivity contribution in [3.8, 4) is 0 Å².